The molecule has 0 aliphatic carbocycles. The number of aliphatic hydroxyl groups excluding tert-OH is 2. The first-order chi connectivity index (χ1) is 47.7. The van der Waals surface area contributed by atoms with Crippen LogP contribution in [0.25, 0.3) is 53.2 Å². The van der Waals surface area contributed by atoms with Crippen LogP contribution < -0.4 is 0 Å². The Morgan fingerprint density at radius 2 is 0.615 bits per heavy atom. The number of piperidine rings is 9. The molecule has 9 fully saturated rings. The first kappa shape index (κ1) is 108. The molecule has 0 bridgehead atoms. The summed E-state index contributed by atoms with van der Waals surface area (Å²) in [7, 11) is 2.00. The van der Waals surface area contributed by atoms with E-state index in [2.05, 4.69) is 126 Å². The zero-order valence-corrected chi connectivity index (χ0v) is 70.8. The van der Waals surface area contributed by atoms with Crippen LogP contribution in [-0.4, -0.2) is 199 Å². The van der Waals surface area contributed by atoms with Gasteiger partial charge in [-0.25, -0.2) is 10.1 Å². The van der Waals surface area contributed by atoms with Crippen LogP contribution in [0.5, 0.6) is 0 Å². The van der Waals surface area contributed by atoms with Crippen LogP contribution in [0.2, 0.25) is 0 Å². The summed E-state index contributed by atoms with van der Waals surface area (Å²) in [5.74, 6) is 7.52. The maximum absolute atomic E-state index is 10.2. The number of nitrogens with zero attached hydrogens (tertiary/aromatic N) is 18. The fourth-order valence-electron chi connectivity index (χ4n) is 14.6. The fourth-order valence-corrected chi connectivity index (χ4v) is 14.6. The molecule has 12 rings (SSSR count). The van der Waals surface area contributed by atoms with Crippen molar-refractivity contribution in [2.45, 2.75) is 316 Å². The first-order valence-corrected chi connectivity index (χ1v) is 37.8. The zero-order chi connectivity index (χ0) is 75.8. The van der Waals surface area contributed by atoms with Gasteiger partial charge in [-0.05, 0) is 104 Å². The largest absolute Gasteiger partial charge is 2.00 e. The number of hydrogen-bond acceptors (Lipinski definition) is 12. The molecule has 16 unspecified atom stereocenters. The predicted molar refractivity (Wildman–Crippen MR) is 409 cm³/mol. The van der Waals surface area contributed by atoms with Crippen LogP contribution in [0.1, 0.15) is 239 Å². The van der Waals surface area contributed by atoms with Crippen molar-refractivity contribution in [3.8, 4) is 0 Å². The molecule has 22 nitrogen and oxygen atoms in total. The third kappa shape index (κ3) is 35.4. The molecular formula is C78H136Cu2Fe2N18O4-10. The van der Waals surface area contributed by atoms with E-state index < -0.39 is 0 Å². The predicted octanol–water partition coefficient (Wildman–Crippen LogP) is 18.1. The summed E-state index contributed by atoms with van der Waals surface area (Å²) in [4.78, 5) is 9.35. The number of hydrogen-bond donors (Lipinski definition) is 4. The fraction of sp³-hybridized carbons (Fsp3) is 0.872. The van der Waals surface area contributed by atoms with Gasteiger partial charge in [0.1, 0.15) is 11.7 Å². The minimum atomic E-state index is -0.352. The smallest absolute Gasteiger partial charge is 0.686 e. The molecule has 0 spiro atoms. The van der Waals surface area contributed by atoms with Crippen LogP contribution >= 0.6 is 0 Å². The molecule has 16 atom stereocenters. The zero-order valence-electron chi connectivity index (χ0n) is 66.8. The van der Waals surface area contributed by atoms with Gasteiger partial charge in [-0.3, -0.25) is 20.4 Å². The van der Waals surface area contributed by atoms with Crippen LogP contribution in [0.15, 0.2) is 33.4 Å². The van der Waals surface area contributed by atoms with Gasteiger partial charge < -0.3 is 111 Å². The van der Waals surface area contributed by atoms with E-state index in [0.717, 1.165) is 146 Å². The molecule has 610 valence electrons. The summed E-state index contributed by atoms with van der Waals surface area (Å²) in [5, 5.41) is 109. The van der Waals surface area contributed by atoms with E-state index in [9.17, 15) is 10.4 Å². The van der Waals surface area contributed by atoms with Gasteiger partial charge in [-0.15, -0.1) is 71.5 Å². The van der Waals surface area contributed by atoms with Crippen molar-refractivity contribution in [1.82, 2.24) is 10.1 Å². The Kier molecular flexibility index (Phi) is 60.0. The minimum Gasteiger partial charge on any atom is -0.686 e. The summed E-state index contributed by atoms with van der Waals surface area (Å²) in [6.07, 6.45) is 28.9. The molecule has 12 aliphatic rings. The summed E-state index contributed by atoms with van der Waals surface area (Å²) >= 11 is 0. The van der Waals surface area contributed by atoms with E-state index in [1.54, 1.807) is 0 Å². The second-order valence-corrected chi connectivity index (χ2v) is 31.7. The maximum atomic E-state index is 10.2. The number of amidine groups is 2. The number of hydroxylamine groups is 4. The summed E-state index contributed by atoms with van der Waals surface area (Å²) < 4.78 is 0. The topological polar surface area (TPSA) is 348 Å². The van der Waals surface area contributed by atoms with Crippen molar-refractivity contribution in [2.24, 2.45) is 51.4 Å². The van der Waals surface area contributed by atoms with Gasteiger partial charge in [0.2, 0.25) is 0 Å². The van der Waals surface area contributed by atoms with Crippen LogP contribution in [0.3, 0.4) is 0 Å². The normalized spacial score (nSPS) is 32.9. The van der Waals surface area contributed by atoms with Crippen molar-refractivity contribution in [2.75, 3.05) is 79.7 Å². The van der Waals surface area contributed by atoms with Gasteiger partial charge in [0.15, 0.2) is 0 Å². The van der Waals surface area contributed by atoms with E-state index >= 15 is 0 Å². The van der Waals surface area contributed by atoms with Gasteiger partial charge in [0.25, 0.3) is 0 Å². The SMILES string of the molecule is CC1(C)N=C(C2CCCC[N-]2)N(O)C1(C)C.CC1(C)N=C(C2CCCC[N-]2)N(O)C1(C)C.CC1=CC[N-]C(C2CC(C)CC[N-]2)=C1.CC1CC[N-]C(C2CC(C)CC[N-]2)C1.CC1CC[N-]C(C2CC(C)CC[N-]2)C1.CC1CC[N-]C(C2CC(C)CC[N-]2)C1.CO.CO.[C-]#N.[C-]#N.[C-]#N.[C-]#N.[Cu+2].[Cu+2].[Fe].[Fe]. The molecule has 104 heavy (non-hydrogen) atoms. The van der Waals surface area contributed by atoms with Crippen molar-refractivity contribution >= 4 is 11.7 Å². The maximum Gasteiger partial charge on any atom is 2.00 e. The Morgan fingerprint density at radius 1 is 0.375 bits per heavy atom. The molecule has 4 N–H and O–H groups in total. The number of rotatable bonds is 6. The second kappa shape index (κ2) is 57.7. The van der Waals surface area contributed by atoms with Crippen molar-refractivity contribution < 1.29 is 88.9 Å². The van der Waals surface area contributed by atoms with Crippen molar-refractivity contribution in [1.29, 1.82) is 21.0 Å². The van der Waals surface area contributed by atoms with Gasteiger partial charge in [0, 0.05) is 48.4 Å². The Labute approximate surface area is 676 Å². The van der Waals surface area contributed by atoms with Crippen LogP contribution in [-0.2, 0) is 68.3 Å². The first-order valence-electron chi connectivity index (χ1n) is 37.8. The molecule has 2 radical (unpaired) electrons. The van der Waals surface area contributed by atoms with E-state index in [0.29, 0.717) is 42.3 Å². The molecular weight excluding hydrogens is 1490 g/mol. The van der Waals surface area contributed by atoms with Crippen molar-refractivity contribution in [3.05, 3.63) is 103 Å². The molecule has 26 heteroatoms. The summed E-state index contributed by atoms with van der Waals surface area (Å²) in [5.41, 5.74) is 1.32. The molecule has 0 aromatic heterocycles. The van der Waals surface area contributed by atoms with Crippen molar-refractivity contribution in [3.63, 3.8) is 0 Å². The quantitative estimate of drug-likeness (QED) is 0.144. The Bertz CT molecular complexity index is 2190. The molecule has 12 aliphatic heterocycles. The number of aliphatic imine (C=N–C) groups is 2. The van der Waals surface area contributed by atoms with Crippen LogP contribution in [0, 0.1) is 88.8 Å². The average molecular weight is 1630 g/mol. The molecule has 0 amide bonds. The average Bonchev–Trinajstić information content (AvgIpc) is 1.61. The Balaban J connectivity index is -0.000000556. The Hall–Kier alpha value is -2.26. The number of aliphatic hydroxyl groups is 2. The molecule has 12 heterocycles. The molecule has 0 saturated carbocycles. The molecule has 0 aromatic carbocycles. The number of allylic oxidation sites excluding steroid dienone is 2. The van der Waals surface area contributed by atoms with Gasteiger partial charge in [-0.1, -0.05) is 207 Å². The monoisotopic (exact) mass is 1630 g/mol. The van der Waals surface area contributed by atoms with Gasteiger partial charge in [-0.2, -0.15) is 41.9 Å². The Morgan fingerprint density at radius 3 is 0.817 bits per heavy atom. The van der Waals surface area contributed by atoms with E-state index in [1.165, 1.54) is 137 Å². The second-order valence-electron chi connectivity index (χ2n) is 31.7. The van der Waals surface area contributed by atoms with E-state index in [4.69, 9.17) is 89.4 Å². The molecule has 0 aromatic rings. The van der Waals surface area contributed by atoms with Crippen LogP contribution in [0.4, 0.5) is 0 Å². The summed E-state index contributed by atoms with van der Waals surface area (Å²) in [6.45, 7) is 64.0. The van der Waals surface area contributed by atoms with Gasteiger partial charge in [0.05, 0.1) is 22.2 Å². The van der Waals surface area contributed by atoms with E-state index in [-0.39, 0.29) is 103 Å². The molecule has 9 saturated heterocycles. The van der Waals surface area contributed by atoms with Gasteiger partial charge >= 0.3 is 34.1 Å². The standard InChI is InChI=1S/2C12H22N3O.3C12H22N2.C12H18N2.4CN.2CH4O.2Cu.2Fe/c2*1-11(2)12(3,4)15(16)10(14-11)9-7-5-6-8-13-9;4*1-9-3-5-13-11(7-9)12-8-10(2)4-6-14-12;6*1-2;;;;/h2*9,16H,5-8H2,1-4H3;3*9-12H,3-8H2,1-2H3;3,7,10,12H,4-6,8H2,1-2H3;;;;;2*2H,1H3;;;;/q2*-1;4*-2;4*-1;;;2*+2;;. The third-order valence-corrected chi connectivity index (χ3v) is 22.5. The minimum absolute atomic E-state index is 0. The summed E-state index contributed by atoms with van der Waals surface area (Å²) in [6, 6.07) is 3.91. The third-order valence-electron chi connectivity index (χ3n) is 22.5. The van der Waals surface area contributed by atoms with E-state index in [1.807, 2.05) is 27.7 Å².